The highest BCUT2D eigenvalue weighted by molar-refractivity contribution is 5.81. The van der Waals surface area contributed by atoms with Crippen LogP contribution >= 0.6 is 0 Å². The summed E-state index contributed by atoms with van der Waals surface area (Å²) in [7, 11) is 0. The molecule has 32 heavy (non-hydrogen) atoms. The smallest absolute Gasteiger partial charge is 0.258 e. The second kappa shape index (κ2) is 9.54. The lowest BCUT2D eigenvalue weighted by atomic mass is 9.88. The van der Waals surface area contributed by atoms with Crippen LogP contribution < -0.4 is 5.56 Å². The summed E-state index contributed by atoms with van der Waals surface area (Å²) < 4.78 is 1.97. The van der Waals surface area contributed by atoms with Crippen molar-refractivity contribution in [2.45, 2.75) is 31.2 Å². The van der Waals surface area contributed by atoms with Crippen molar-refractivity contribution in [3.8, 4) is 0 Å². The SMILES string of the molecule is O=c1c2ccccc2ccn1C1CCN(CCC(c2ccccc2)c2ccccc2)CC1. The molecule has 2 heterocycles. The second-order valence-electron chi connectivity index (χ2n) is 8.85. The van der Waals surface area contributed by atoms with Gasteiger partial charge in [-0.2, -0.15) is 0 Å². The van der Waals surface area contributed by atoms with Crippen LogP contribution in [0.2, 0.25) is 0 Å². The maximum atomic E-state index is 13.0. The van der Waals surface area contributed by atoms with E-state index in [0.29, 0.717) is 12.0 Å². The van der Waals surface area contributed by atoms with Crippen LogP contribution in [-0.2, 0) is 0 Å². The molecule has 0 amide bonds. The van der Waals surface area contributed by atoms with Crippen molar-refractivity contribution in [3.63, 3.8) is 0 Å². The van der Waals surface area contributed by atoms with Crippen molar-refractivity contribution in [1.82, 2.24) is 9.47 Å². The molecule has 3 aromatic carbocycles. The summed E-state index contributed by atoms with van der Waals surface area (Å²) in [5.41, 5.74) is 2.92. The van der Waals surface area contributed by atoms with Crippen LogP contribution in [0.15, 0.2) is 102 Å². The summed E-state index contributed by atoms with van der Waals surface area (Å²) in [6, 6.07) is 32.0. The number of piperidine rings is 1. The largest absolute Gasteiger partial charge is 0.312 e. The van der Waals surface area contributed by atoms with Gasteiger partial charge in [0.05, 0.1) is 0 Å². The maximum Gasteiger partial charge on any atom is 0.258 e. The molecule has 1 aromatic heterocycles. The zero-order valence-corrected chi connectivity index (χ0v) is 18.4. The highest BCUT2D eigenvalue weighted by atomic mass is 16.1. The Morgan fingerprint density at radius 2 is 1.34 bits per heavy atom. The van der Waals surface area contributed by atoms with Gasteiger partial charge in [-0.25, -0.2) is 0 Å². The van der Waals surface area contributed by atoms with E-state index in [-0.39, 0.29) is 5.56 Å². The van der Waals surface area contributed by atoms with Crippen molar-refractivity contribution >= 4 is 10.8 Å². The van der Waals surface area contributed by atoms with Crippen molar-refractivity contribution in [2.75, 3.05) is 19.6 Å². The third-order valence-electron chi connectivity index (χ3n) is 6.93. The van der Waals surface area contributed by atoms with Crippen LogP contribution in [0.25, 0.3) is 10.8 Å². The first-order valence-electron chi connectivity index (χ1n) is 11.7. The van der Waals surface area contributed by atoms with E-state index < -0.39 is 0 Å². The quantitative estimate of drug-likeness (QED) is 0.389. The number of fused-ring (bicyclic) bond motifs is 1. The summed E-state index contributed by atoms with van der Waals surface area (Å²) in [5, 5.41) is 1.85. The topological polar surface area (TPSA) is 25.2 Å². The lowest BCUT2D eigenvalue weighted by Gasteiger charge is -2.34. The molecule has 1 aliphatic heterocycles. The lowest BCUT2D eigenvalue weighted by molar-refractivity contribution is 0.181. The molecule has 4 aromatic rings. The number of aromatic nitrogens is 1. The van der Waals surface area contributed by atoms with Crippen molar-refractivity contribution in [2.24, 2.45) is 0 Å². The summed E-state index contributed by atoms with van der Waals surface area (Å²) in [6.07, 6.45) is 5.15. The standard InChI is InChI=1S/C29H30N2O/c32-29-28-14-8-7-13-25(28)15-22-31(29)26-16-19-30(20-17-26)21-18-27(23-9-3-1-4-10-23)24-11-5-2-6-12-24/h1-15,22,26-27H,16-21H2. The Hall–Kier alpha value is -3.17. The highest BCUT2D eigenvalue weighted by Crippen LogP contribution is 2.29. The van der Waals surface area contributed by atoms with E-state index in [4.69, 9.17) is 0 Å². The van der Waals surface area contributed by atoms with Gasteiger partial charge >= 0.3 is 0 Å². The number of benzene rings is 3. The molecule has 3 heteroatoms. The van der Waals surface area contributed by atoms with Crippen LogP contribution in [0.5, 0.6) is 0 Å². The normalized spacial score (nSPS) is 15.4. The van der Waals surface area contributed by atoms with E-state index in [9.17, 15) is 4.79 Å². The first-order valence-corrected chi connectivity index (χ1v) is 11.7. The average molecular weight is 423 g/mol. The fourth-order valence-corrected chi connectivity index (χ4v) is 5.12. The van der Waals surface area contributed by atoms with Gasteiger partial charge in [-0.1, -0.05) is 78.9 Å². The lowest BCUT2D eigenvalue weighted by Crippen LogP contribution is -2.38. The Balaban J connectivity index is 1.25. The zero-order chi connectivity index (χ0) is 21.8. The summed E-state index contributed by atoms with van der Waals surface area (Å²) in [4.78, 5) is 15.6. The van der Waals surface area contributed by atoms with Gasteiger partial charge in [0, 0.05) is 36.6 Å². The Bertz CT molecular complexity index is 1170. The van der Waals surface area contributed by atoms with E-state index in [1.807, 2.05) is 35.0 Å². The summed E-state index contributed by atoms with van der Waals surface area (Å²) in [6.45, 7) is 3.16. The minimum absolute atomic E-state index is 0.148. The Morgan fingerprint density at radius 3 is 2.00 bits per heavy atom. The molecule has 0 aliphatic carbocycles. The van der Waals surface area contributed by atoms with Gasteiger partial charge in [0.25, 0.3) is 5.56 Å². The third kappa shape index (κ3) is 4.39. The van der Waals surface area contributed by atoms with Gasteiger partial charge in [-0.3, -0.25) is 4.79 Å². The van der Waals surface area contributed by atoms with Crippen LogP contribution in [0.1, 0.15) is 42.3 Å². The molecule has 1 saturated heterocycles. The van der Waals surface area contributed by atoms with Gasteiger partial charge in [-0.05, 0) is 54.5 Å². The first-order chi connectivity index (χ1) is 15.8. The van der Waals surface area contributed by atoms with Crippen molar-refractivity contribution < 1.29 is 0 Å². The fraction of sp³-hybridized carbons (Fsp3) is 0.276. The number of hydrogen-bond acceptors (Lipinski definition) is 2. The van der Waals surface area contributed by atoms with Crippen LogP contribution in [0.4, 0.5) is 0 Å². The highest BCUT2D eigenvalue weighted by Gasteiger charge is 2.23. The maximum absolute atomic E-state index is 13.0. The van der Waals surface area contributed by atoms with Gasteiger partial charge in [0.15, 0.2) is 0 Å². The van der Waals surface area contributed by atoms with Crippen molar-refractivity contribution in [1.29, 1.82) is 0 Å². The van der Waals surface area contributed by atoms with Crippen LogP contribution in [-0.4, -0.2) is 29.1 Å². The van der Waals surface area contributed by atoms with E-state index in [2.05, 4.69) is 71.6 Å². The first kappa shape index (κ1) is 20.7. The van der Waals surface area contributed by atoms with Crippen molar-refractivity contribution in [3.05, 3.63) is 119 Å². The average Bonchev–Trinajstić information content (AvgIpc) is 2.86. The summed E-state index contributed by atoms with van der Waals surface area (Å²) in [5.74, 6) is 0.415. The summed E-state index contributed by atoms with van der Waals surface area (Å²) >= 11 is 0. The second-order valence-corrected chi connectivity index (χ2v) is 8.85. The Morgan fingerprint density at radius 1 is 0.750 bits per heavy atom. The molecule has 5 rings (SSSR count). The van der Waals surface area contributed by atoms with Gasteiger partial charge in [-0.15, -0.1) is 0 Å². The van der Waals surface area contributed by atoms with Crippen LogP contribution in [0, 0.1) is 0 Å². The molecule has 162 valence electrons. The van der Waals surface area contributed by atoms with E-state index in [0.717, 1.165) is 49.7 Å². The van der Waals surface area contributed by atoms with E-state index in [1.54, 1.807) is 0 Å². The number of nitrogens with zero attached hydrogens (tertiary/aromatic N) is 2. The minimum Gasteiger partial charge on any atom is -0.312 e. The molecule has 0 N–H and O–H groups in total. The molecule has 0 spiro atoms. The molecule has 0 radical (unpaired) electrons. The molecule has 1 aliphatic rings. The predicted octanol–water partition coefficient (Wildman–Crippen LogP) is 5.86. The number of pyridine rings is 1. The molecule has 0 unspecified atom stereocenters. The molecular weight excluding hydrogens is 392 g/mol. The molecule has 1 fully saturated rings. The van der Waals surface area contributed by atoms with E-state index >= 15 is 0 Å². The zero-order valence-electron chi connectivity index (χ0n) is 18.4. The van der Waals surface area contributed by atoms with Gasteiger partial charge < -0.3 is 9.47 Å². The predicted molar refractivity (Wildman–Crippen MR) is 132 cm³/mol. The monoisotopic (exact) mass is 422 g/mol. The Kier molecular flexibility index (Phi) is 6.17. The molecule has 0 atom stereocenters. The molecule has 0 bridgehead atoms. The van der Waals surface area contributed by atoms with Gasteiger partial charge in [0.1, 0.15) is 0 Å². The fourth-order valence-electron chi connectivity index (χ4n) is 5.12. The van der Waals surface area contributed by atoms with Crippen LogP contribution in [0.3, 0.4) is 0 Å². The van der Waals surface area contributed by atoms with Gasteiger partial charge in [0.2, 0.25) is 0 Å². The molecular formula is C29H30N2O. The number of likely N-dealkylation sites (tertiary alicyclic amines) is 1. The third-order valence-corrected chi connectivity index (χ3v) is 6.93. The minimum atomic E-state index is 0.148. The van der Waals surface area contributed by atoms with E-state index in [1.165, 1.54) is 11.1 Å². The number of hydrogen-bond donors (Lipinski definition) is 0. The Labute approximate surface area is 189 Å². The molecule has 3 nitrogen and oxygen atoms in total. The number of rotatable bonds is 6. The molecule has 0 saturated carbocycles.